The molecule has 7 heteroatoms. The van der Waals surface area contributed by atoms with E-state index in [1.807, 2.05) is 30.0 Å². The van der Waals surface area contributed by atoms with Crippen molar-refractivity contribution in [1.29, 1.82) is 0 Å². The van der Waals surface area contributed by atoms with Gasteiger partial charge in [-0.1, -0.05) is 24.6 Å². The number of benzene rings is 1. The molecule has 0 bridgehead atoms. The molecule has 3 heterocycles. The van der Waals surface area contributed by atoms with Crippen LogP contribution in [0.4, 0.5) is 0 Å². The van der Waals surface area contributed by atoms with Gasteiger partial charge in [0.2, 0.25) is 5.91 Å². The maximum atomic E-state index is 13.0. The fourth-order valence-corrected chi connectivity index (χ4v) is 4.41. The number of likely N-dealkylation sites (tertiary alicyclic amines) is 1. The van der Waals surface area contributed by atoms with Crippen LogP contribution in [0, 0.1) is 0 Å². The number of carbonyl (C=O) groups is 2. The van der Waals surface area contributed by atoms with Gasteiger partial charge in [-0.25, -0.2) is 0 Å². The van der Waals surface area contributed by atoms with Crippen LogP contribution in [0.15, 0.2) is 30.3 Å². The van der Waals surface area contributed by atoms with Crippen LogP contribution >= 0.6 is 0 Å². The molecule has 154 valence electrons. The topological polar surface area (TPSA) is 80.1 Å². The van der Waals surface area contributed by atoms with Gasteiger partial charge in [-0.05, 0) is 44.7 Å². The zero-order chi connectivity index (χ0) is 20.2. The van der Waals surface area contributed by atoms with E-state index in [0.717, 1.165) is 56.8 Å². The van der Waals surface area contributed by atoms with E-state index < -0.39 is 0 Å². The highest BCUT2D eigenvalue weighted by Gasteiger charge is 2.34. The smallest absolute Gasteiger partial charge is 0.251 e. The van der Waals surface area contributed by atoms with E-state index in [0.29, 0.717) is 5.56 Å². The van der Waals surface area contributed by atoms with E-state index >= 15 is 0 Å². The summed E-state index contributed by atoms with van der Waals surface area (Å²) in [5.41, 5.74) is 0.608. The third-order valence-electron chi connectivity index (χ3n) is 5.90. The number of carbonyl (C=O) groups excluding carboxylic acids is 2. The Morgan fingerprint density at radius 1 is 1.10 bits per heavy atom. The lowest BCUT2D eigenvalue weighted by Gasteiger charge is -2.26. The lowest BCUT2D eigenvalue weighted by atomic mass is 10.1. The largest absolute Gasteiger partial charge is 0.349 e. The van der Waals surface area contributed by atoms with Crippen molar-refractivity contribution in [3.05, 3.63) is 47.5 Å². The van der Waals surface area contributed by atoms with Crippen molar-refractivity contribution >= 4 is 11.8 Å². The van der Waals surface area contributed by atoms with Crippen LogP contribution < -0.4 is 5.32 Å². The normalized spacial score (nSPS) is 20.0. The van der Waals surface area contributed by atoms with E-state index in [-0.39, 0.29) is 30.3 Å². The summed E-state index contributed by atoms with van der Waals surface area (Å²) in [5.74, 6) is 1.92. The highest BCUT2D eigenvalue weighted by Crippen LogP contribution is 2.33. The molecular formula is C22H29N5O2. The number of nitrogens with zero attached hydrogens (tertiary/aromatic N) is 4. The van der Waals surface area contributed by atoms with Gasteiger partial charge in [-0.3, -0.25) is 9.59 Å². The fourth-order valence-electron chi connectivity index (χ4n) is 4.41. The van der Waals surface area contributed by atoms with Crippen LogP contribution in [-0.2, 0) is 17.8 Å². The Kier molecular flexibility index (Phi) is 5.92. The van der Waals surface area contributed by atoms with E-state index in [2.05, 4.69) is 20.1 Å². The number of hydrogen-bond acceptors (Lipinski definition) is 4. The number of aromatic nitrogens is 3. The predicted octanol–water partition coefficient (Wildman–Crippen LogP) is 2.88. The molecule has 29 heavy (non-hydrogen) atoms. The van der Waals surface area contributed by atoms with Gasteiger partial charge in [0, 0.05) is 37.5 Å². The summed E-state index contributed by atoms with van der Waals surface area (Å²) in [4.78, 5) is 27.3. The standard InChI is InChI=1S/C22H29N5O2/c1-16(23-22(29)17-9-4-2-5-10-17)15-20(28)26-14-8-11-18(26)21-25-24-19-12-6-3-7-13-27(19)21/h2,4-5,9-10,16,18H,3,6-8,11-15H2,1H3,(H,23,29). The van der Waals surface area contributed by atoms with Crippen molar-refractivity contribution in [3.8, 4) is 0 Å². The Labute approximate surface area is 171 Å². The number of hydrogen-bond donors (Lipinski definition) is 1. The van der Waals surface area contributed by atoms with Crippen LogP contribution in [0.5, 0.6) is 0 Å². The third-order valence-corrected chi connectivity index (χ3v) is 5.90. The van der Waals surface area contributed by atoms with Gasteiger partial charge in [-0.15, -0.1) is 10.2 Å². The Bertz CT molecular complexity index is 863. The van der Waals surface area contributed by atoms with Crippen molar-refractivity contribution < 1.29 is 9.59 Å². The first kappa shape index (κ1) is 19.6. The highest BCUT2D eigenvalue weighted by atomic mass is 16.2. The van der Waals surface area contributed by atoms with Gasteiger partial charge in [0.15, 0.2) is 5.82 Å². The summed E-state index contributed by atoms with van der Waals surface area (Å²) in [5, 5.41) is 11.8. The minimum atomic E-state index is -0.230. The van der Waals surface area contributed by atoms with Crippen molar-refractivity contribution in [2.45, 2.75) is 70.5 Å². The Hall–Kier alpha value is -2.70. The molecule has 1 aromatic carbocycles. The molecule has 2 aliphatic heterocycles. The monoisotopic (exact) mass is 395 g/mol. The second-order valence-corrected chi connectivity index (χ2v) is 8.13. The first-order valence-corrected chi connectivity index (χ1v) is 10.7. The maximum absolute atomic E-state index is 13.0. The van der Waals surface area contributed by atoms with E-state index in [1.54, 1.807) is 12.1 Å². The highest BCUT2D eigenvalue weighted by molar-refractivity contribution is 5.94. The molecule has 0 saturated carbocycles. The van der Waals surface area contributed by atoms with Gasteiger partial charge in [0.25, 0.3) is 5.91 Å². The molecule has 0 radical (unpaired) electrons. The zero-order valence-corrected chi connectivity index (χ0v) is 17.0. The summed E-state index contributed by atoms with van der Waals surface area (Å²) >= 11 is 0. The van der Waals surface area contributed by atoms with Gasteiger partial charge in [-0.2, -0.15) is 0 Å². The molecule has 1 aromatic heterocycles. The molecule has 0 spiro atoms. The fraction of sp³-hybridized carbons (Fsp3) is 0.545. The molecule has 1 fully saturated rings. The Morgan fingerprint density at radius 3 is 2.76 bits per heavy atom. The van der Waals surface area contributed by atoms with Crippen molar-refractivity contribution in [2.24, 2.45) is 0 Å². The molecule has 2 amide bonds. The zero-order valence-electron chi connectivity index (χ0n) is 17.0. The predicted molar refractivity (Wildman–Crippen MR) is 109 cm³/mol. The summed E-state index contributed by atoms with van der Waals surface area (Å²) in [6.45, 7) is 3.57. The summed E-state index contributed by atoms with van der Waals surface area (Å²) < 4.78 is 2.24. The third kappa shape index (κ3) is 4.33. The quantitative estimate of drug-likeness (QED) is 0.844. The van der Waals surface area contributed by atoms with E-state index in [4.69, 9.17) is 0 Å². The van der Waals surface area contributed by atoms with E-state index in [1.165, 1.54) is 6.42 Å². The second kappa shape index (κ2) is 8.76. The Morgan fingerprint density at radius 2 is 1.93 bits per heavy atom. The number of nitrogens with one attached hydrogen (secondary N) is 1. The summed E-state index contributed by atoms with van der Waals surface area (Å²) in [6, 6.07) is 8.87. The van der Waals surface area contributed by atoms with Crippen molar-refractivity contribution in [1.82, 2.24) is 25.0 Å². The molecule has 1 N–H and O–H groups in total. The molecule has 0 aliphatic carbocycles. The number of fused-ring (bicyclic) bond motifs is 1. The first-order valence-electron chi connectivity index (χ1n) is 10.7. The van der Waals surface area contributed by atoms with Crippen molar-refractivity contribution in [2.75, 3.05) is 6.54 Å². The Balaban J connectivity index is 1.40. The van der Waals surface area contributed by atoms with Crippen molar-refractivity contribution in [3.63, 3.8) is 0 Å². The lowest BCUT2D eigenvalue weighted by Crippen LogP contribution is -2.39. The maximum Gasteiger partial charge on any atom is 0.251 e. The minimum absolute atomic E-state index is 0.00104. The van der Waals surface area contributed by atoms with Crippen LogP contribution in [0.25, 0.3) is 0 Å². The summed E-state index contributed by atoms with van der Waals surface area (Å²) in [7, 11) is 0. The van der Waals surface area contributed by atoms with E-state index in [9.17, 15) is 9.59 Å². The average Bonchev–Trinajstić information content (AvgIpc) is 3.29. The molecule has 4 rings (SSSR count). The molecule has 2 aromatic rings. The number of rotatable bonds is 5. The van der Waals surface area contributed by atoms with Crippen LogP contribution in [-0.4, -0.2) is 44.1 Å². The molecule has 7 nitrogen and oxygen atoms in total. The van der Waals surface area contributed by atoms with Crippen LogP contribution in [0.2, 0.25) is 0 Å². The molecule has 2 atom stereocenters. The molecule has 1 saturated heterocycles. The lowest BCUT2D eigenvalue weighted by molar-refractivity contribution is -0.132. The molecule has 2 aliphatic rings. The summed E-state index contributed by atoms with van der Waals surface area (Å²) in [6.07, 6.45) is 6.67. The van der Waals surface area contributed by atoms with Gasteiger partial charge in [0.1, 0.15) is 5.82 Å². The number of amides is 2. The van der Waals surface area contributed by atoms with Gasteiger partial charge < -0.3 is 14.8 Å². The van der Waals surface area contributed by atoms with Crippen LogP contribution in [0.1, 0.15) is 73.5 Å². The molecule has 2 unspecified atom stereocenters. The number of aryl methyl sites for hydroxylation is 1. The SMILES string of the molecule is CC(CC(=O)N1CCCC1c1nnc2n1CCCCC2)NC(=O)c1ccccc1. The second-order valence-electron chi connectivity index (χ2n) is 8.13. The average molecular weight is 396 g/mol. The van der Waals surface area contributed by atoms with Crippen LogP contribution in [0.3, 0.4) is 0 Å². The minimum Gasteiger partial charge on any atom is -0.349 e. The van der Waals surface area contributed by atoms with Gasteiger partial charge >= 0.3 is 0 Å². The van der Waals surface area contributed by atoms with Gasteiger partial charge in [0.05, 0.1) is 6.04 Å². The molecular weight excluding hydrogens is 366 g/mol. The first-order chi connectivity index (χ1) is 14.1.